The molecule has 14 heavy (non-hydrogen) atoms. The maximum Gasteiger partial charge on any atom is 0.142 e. The third-order valence-corrected chi connectivity index (χ3v) is 2.22. The molecule has 0 bridgehead atoms. The van der Waals surface area contributed by atoms with E-state index in [4.69, 9.17) is 9.84 Å². The molecule has 4 heteroatoms. The van der Waals surface area contributed by atoms with Crippen LogP contribution in [0.15, 0.2) is 18.2 Å². The fourth-order valence-corrected chi connectivity index (χ4v) is 1.50. The molecule has 0 aromatic heterocycles. The Hall–Kier alpha value is -1.29. The van der Waals surface area contributed by atoms with Crippen LogP contribution in [0.4, 0.5) is 10.1 Å². The van der Waals surface area contributed by atoms with Crippen molar-refractivity contribution >= 4 is 5.69 Å². The van der Waals surface area contributed by atoms with Crippen molar-refractivity contribution in [2.24, 2.45) is 0 Å². The fraction of sp³-hybridized carbons (Fsp3) is 0.400. The minimum absolute atomic E-state index is 0.0642. The predicted octanol–water partition coefficient (Wildman–Crippen LogP) is 1.38. The van der Waals surface area contributed by atoms with Crippen LogP contribution in [0.25, 0.3) is 0 Å². The summed E-state index contributed by atoms with van der Waals surface area (Å²) in [5, 5.41) is 11.9. The van der Waals surface area contributed by atoms with Crippen molar-refractivity contribution in [3.05, 3.63) is 24.0 Å². The van der Waals surface area contributed by atoms with E-state index in [0.29, 0.717) is 24.5 Å². The lowest BCUT2D eigenvalue weighted by atomic mass is 10.1. The zero-order chi connectivity index (χ0) is 9.97. The highest BCUT2D eigenvalue weighted by atomic mass is 19.1. The van der Waals surface area contributed by atoms with Gasteiger partial charge in [0, 0.05) is 12.7 Å². The summed E-state index contributed by atoms with van der Waals surface area (Å²) >= 11 is 0. The van der Waals surface area contributed by atoms with E-state index in [9.17, 15) is 4.39 Å². The molecule has 1 aromatic carbocycles. The van der Waals surface area contributed by atoms with Crippen LogP contribution in [-0.2, 0) is 0 Å². The van der Waals surface area contributed by atoms with Crippen molar-refractivity contribution < 1.29 is 14.2 Å². The molecule has 0 aliphatic carbocycles. The molecule has 1 aliphatic rings. The van der Waals surface area contributed by atoms with Gasteiger partial charge < -0.3 is 15.2 Å². The Morgan fingerprint density at radius 2 is 2.43 bits per heavy atom. The first-order chi connectivity index (χ1) is 6.79. The first-order valence-corrected chi connectivity index (χ1v) is 4.59. The van der Waals surface area contributed by atoms with E-state index in [0.717, 1.165) is 0 Å². The van der Waals surface area contributed by atoms with Gasteiger partial charge in [0.1, 0.15) is 18.2 Å². The van der Waals surface area contributed by atoms with Crippen LogP contribution in [-0.4, -0.2) is 24.4 Å². The lowest BCUT2D eigenvalue weighted by Gasteiger charge is -2.26. The average molecular weight is 197 g/mol. The second-order valence-electron chi connectivity index (χ2n) is 3.31. The number of hydrogen-bond donors (Lipinski definition) is 2. The van der Waals surface area contributed by atoms with Gasteiger partial charge in [0.25, 0.3) is 0 Å². The molecular formula is C10H12FNO2. The van der Waals surface area contributed by atoms with Gasteiger partial charge in [0.15, 0.2) is 0 Å². The van der Waals surface area contributed by atoms with E-state index in [1.165, 1.54) is 12.1 Å². The minimum Gasteiger partial charge on any atom is -0.489 e. The summed E-state index contributed by atoms with van der Waals surface area (Å²) in [6.45, 7) is 0.616. The Kier molecular flexibility index (Phi) is 2.54. The van der Waals surface area contributed by atoms with Gasteiger partial charge >= 0.3 is 0 Å². The second kappa shape index (κ2) is 3.84. The average Bonchev–Trinajstić information content (AvgIpc) is 2.17. The molecule has 3 nitrogen and oxygen atoms in total. The topological polar surface area (TPSA) is 41.5 Å². The second-order valence-corrected chi connectivity index (χ2v) is 3.31. The molecule has 0 saturated heterocycles. The Morgan fingerprint density at radius 3 is 3.21 bits per heavy atom. The molecule has 2 N–H and O–H groups in total. The molecule has 0 amide bonds. The summed E-state index contributed by atoms with van der Waals surface area (Å²) in [7, 11) is 0. The Labute approximate surface area is 81.5 Å². The number of rotatable bonds is 2. The highest BCUT2D eigenvalue weighted by molar-refractivity contribution is 5.58. The Morgan fingerprint density at radius 1 is 1.57 bits per heavy atom. The molecule has 2 rings (SSSR count). The van der Waals surface area contributed by atoms with Gasteiger partial charge in [-0.1, -0.05) is 0 Å². The quantitative estimate of drug-likeness (QED) is 0.752. The number of aliphatic hydroxyl groups is 1. The normalized spacial score (nSPS) is 19.4. The Bertz CT molecular complexity index is 330. The molecule has 0 radical (unpaired) electrons. The van der Waals surface area contributed by atoms with Gasteiger partial charge in [-0.25, -0.2) is 4.39 Å². The van der Waals surface area contributed by atoms with Gasteiger partial charge in [-0.15, -0.1) is 0 Å². The van der Waals surface area contributed by atoms with E-state index in [1.807, 2.05) is 0 Å². The maximum absolute atomic E-state index is 12.9. The van der Waals surface area contributed by atoms with Crippen molar-refractivity contribution in [1.82, 2.24) is 0 Å². The van der Waals surface area contributed by atoms with E-state index in [2.05, 4.69) is 5.32 Å². The van der Waals surface area contributed by atoms with E-state index in [1.54, 1.807) is 6.07 Å². The van der Waals surface area contributed by atoms with Crippen LogP contribution in [0.3, 0.4) is 0 Å². The molecule has 1 aliphatic heterocycles. The lowest BCUT2D eigenvalue weighted by molar-refractivity contribution is 0.233. The van der Waals surface area contributed by atoms with E-state index >= 15 is 0 Å². The minimum atomic E-state index is -0.288. The van der Waals surface area contributed by atoms with Crippen molar-refractivity contribution in [2.45, 2.75) is 12.5 Å². The van der Waals surface area contributed by atoms with Gasteiger partial charge in [-0.05, 0) is 18.6 Å². The van der Waals surface area contributed by atoms with Gasteiger partial charge in [-0.3, -0.25) is 0 Å². The zero-order valence-electron chi connectivity index (χ0n) is 7.66. The number of halogens is 1. The van der Waals surface area contributed by atoms with Crippen molar-refractivity contribution in [3.8, 4) is 5.75 Å². The highest BCUT2D eigenvalue weighted by Gasteiger charge is 2.18. The molecule has 0 saturated carbocycles. The summed E-state index contributed by atoms with van der Waals surface area (Å²) < 4.78 is 18.3. The summed E-state index contributed by atoms with van der Waals surface area (Å²) in [6.07, 6.45) is 0.607. The van der Waals surface area contributed by atoms with Gasteiger partial charge in [0.05, 0.1) is 11.7 Å². The molecular weight excluding hydrogens is 185 g/mol. The summed E-state index contributed by atoms with van der Waals surface area (Å²) in [5.74, 6) is 0.380. The number of ether oxygens (including phenoxy) is 1. The molecule has 1 atom stereocenters. The number of hydrogen-bond acceptors (Lipinski definition) is 3. The van der Waals surface area contributed by atoms with Crippen molar-refractivity contribution in [1.29, 1.82) is 0 Å². The molecule has 1 aromatic rings. The predicted molar refractivity (Wildman–Crippen MR) is 51.0 cm³/mol. The van der Waals surface area contributed by atoms with Crippen LogP contribution in [0.1, 0.15) is 6.42 Å². The maximum atomic E-state index is 12.9. The monoisotopic (exact) mass is 197 g/mol. The van der Waals surface area contributed by atoms with E-state index < -0.39 is 0 Å². The number of aliphatic hydroxyl groups excluding tert-OH is 1. The first-order valence-electron chi connectivity index (χ1n) is 4.59. The Balaban J connectivity index is 2.16. The van der Waals surface area contributed by atoms with Crippen LogP contribution < -0.4 is 10.1 Å². The smallest absolute Gasteiger partial charge is 0.142 e. The third kappa shape index (κ3) is 1.80. The molecule has 0 fully saturated rings. The summed E-state index contributed by atoms with van der Waals surface area (Å²) in [4.78, 5) is 0. The first kappa shape index (κ1) is 9.27. The molecule has 1 heterocycles. The van der Waals surface area contributed by atoms with Crippen LogP contribution in [0.5, 0.6) is 5.75 Å². The van der Waals surface area contributed by atoms with Crippen LogP contribution in [0, 0.1) is 5.82 Å². The SMILES string of the molecule is OCC[C@@H]1COc2ccc(F)cc2N1. The third-order valence-electron chi connectivity index (χ3n) is 2.22. The lowest BCUT2D eigenvalue weighted by Crippen LogP contribution is -2.32. The largest absolute Gasteiger partial charge is 0.489 e. The number of anilines is 1. The molecule has 76 valence electrons. The van der Waals surface area contributed by atoms with Gasteiger partial charge in [0.2, 0.25) is 0 Å². The van der Waals surface area contributed by atoms with Crippen LogP contribution in [0.2, 0.25) is 0 Å². The van der Waals surface area contributed by atoms with Crippen molar-refractivity contribution in [2.75, 3.05) is 18.5 Å². The van der Waals surface area contributed by atoms with E-state index in [-0.39, 0.29) is 18.5 Å². The number of fused-ring (bicyclic) bond motifs is 1. The summed E-state index contributed by atoms with van der Waals surface area (Å²) in [5.41, 5.74) is 0.662. The fourth-order valence-electron chi connectivity index (χ4n) is 1.50. The number of benzene rings is 1. The molecule has 0 spiro atoms. The van der Waals surface area contributed by atoms with Gasteiger partial charge in [-0.2, -0.15) is 0 Å². The van der Waals surface area contributed by atoms with Crippen molar-refractivity contribution in [3.63, 3.8) is 0 Å². The standard InChI is InChI=1S/C10H12FNO2/c11-7-1-2-10-9(5-7)12-8(3-4-13)6-14-10/h1-2,5,8,12-13H,3-4,6H2/t8-/m1/s1. The zero-order valence-corrected chi connectivity index (χ0v) is 7.66. The highest BCUT2D eigenvalue weighted by Crippen LogP contribution is 2.29. The molecule has 0 unspecified atom stereocenters. The van der Waals surface area contributed by atoms with Crippen LogP contribution >= 0.6 is 0 Å². The number of nitrogens with one attached hydrogen (secondary N) is 1. The summed E-state index contributed by atoms with van der Waals surface area (Å²) in [6, 6.07) is 4.44.